The minimum absolute atomic E-state index is 0.0155. The summed E-state index contributed by atoms with van der Waals surface area (Å²) in [5.41, 5.74) is 1.73. The van der Waals surface area contributed by atoms with Gasteiger partial charge in [-0.15, -0.1) is 12.6 Å². The second-order valence-electron chi connectivity index (χ2n) is 3.77. The van der Waals surface area contributed by atoms with Gasteiger partial charge < -0.3 is 5.32 Å². The normalized spacial score (nSPS) is 12.1. The van der Waals surface area contributed by atoms with Crippen molar-refractivity contribution in [3.05, 3.63) is 52.2 Å². The number of amides is 1. The minimum atomic E-state index is -0.0886. The summed E-state index contributed by atoms with van der Waals surface area (Å²) in [4.78, 5) is 12.7. The van der Waals surface area contributed by atoms with Gasteiger partial charge in [0.15, 0.2) is 0 Å². The summed E-state index contributed by atoms with van der Waals surface area (Å²) in [6.45, 7) is 1.97. The van der Waals surface area contributed by atoms with E-state index >= 15 is 0 Å². The maximum Gasteiger partial charge on any atom is 0.252 e. The molecule has 1 heterocycles. The molecule has 2 aromatic rings. The first kappa shape index (κ1) is 12.2. The highest BCUT2D eigenvalue weighted by Crippen LogP contribution is 2.18. The van der Waals surface area contributed by atoms with Crippen LogP contribution in [0.15, 0.2) is 46.0 Å². The van der Waals surface area contributed by atoms with Crippen molar-refractivity contribution in [2.45, 2.75) is 17.9 Å². The van der Waals surface area contributed by atoms with Crippen LogP contribution in [0.3, 0.4) is 0 Å². The van der Waals surface area contributed by atoms with Gasteiger partial charge in [0.25, 0.3) is 5.91 Å². The standard InChI is InChI=1S/C13H13NOS2/c1-9(10-6-7-17-8-10)14-13(15)11-4-2-3-5-12(11)16/h2-9,16H,1H3,(H,14,15). The largest absolute Gasteiger partial charge is 0.345 e. The van der Waals surface area contributed by atoms with Gasteiger partial charge in [-0.25, -0.2) is 0 Å². The molecule has 4 heteroatoms. The lowest BCUT2D eigenvalue weighted by Gasteiger charge is -2.13. The Morgan fingerprint density at radius 2 is 2.12 bits per heavy atom. The zero-order valence-electron chi connectivity index (χ0n) is 9.38. The van der Waals surface area contributed by atoms with Crippen molar-refractivity contribution < 1.29 is 4.79 Å². The Morgan fingerprint density at radius 1 is 1.35 bits per heavy atom. The van der Waals surface area contributed by atoms with E-state index in [0.717, 1.165) is 5.56 Å². The van der Waals surface area contributed by atoms with Gasteiger partial charge in [-0.2, -0.15) is 11.3 Å². The molecule has 0 radical (unpaired) electrons. The Balaban J connectivity index is 2.10. The van der Waals surface area contributed by atoms with Crippen LogP contribution in [0.25, 0.3) is 0 Å². The summed E-state index contributed by atoms with van der Waals surface area (Å²) in [5.74, 6) is -0.0886. The quantitative estimate of drug-likeness (QED) is 0.815. The summed E-state index contributed by atoms with van der Waals surface area (Å²) in [6, 6.07) is 9.32. The van der Waals surface area contributed by atoms with Crippen LogP contribution >= 0.6 is 24.0 Å². The Labute approximate surface area is 110 Å². The van der Waals surface area contributed by atoms with Gasteiger partial charge in [0.2, 0.25) is 0 Å². The first-order valence-corrected chi connectivity index (χ1v) is 6.68. The molecule has 88 valence electrons. The van der Waals surface area contributed by atoms with Gasteiger partial charge >= 0.3 is 0 Å². The highest BCUT2D eigenvalue weighted by molar-refractivity contribution is 7.80. The smallest absolute Gasteiger partial charge is 0.252 e. The Bertz CT molecular complexity index is 508. The van der Waals surface area contributed by atoms with Crippen molar-refractivity contribution in [1.29, 1.82) is 0 Å². The fraction of sp³-hybridized carbons (Fsp3) is 0.154. The SMILES string of the molecule is CC(NC(=O)c1ccccc1S)c1ccsc1. The van der Waals surface area contributed by atoms with Crippen LogP contribution in [0.4, 0.5) is 0 Å². The van der Waals surface area contributed by atoms with Crippen molar-refractivity contribution in [3.63, 3.8) is 0 Å². The molecule has 1 unspecified atom stereocenters. The Hall–Kier alpha value is -1.26. The molecule has 1 aromatic heterocycles. The van der Waals surface area contributed by atoms with Crippen LogP contribution in [0, 0.1) is 0 Å². The number of thiophene rings is 1. The second kappa shape index (κ2) is 5.38. The van der Waals surface area contributed by atoms with Crippen LogP contribution in [-0.4, -0.2) is 5.91 Å². The lowest BCUT2D eigenvalue weighted by Crippen LogP contribution is -2.26. The molecule has 0 bridgehead atoms. The molecular weight excluding hydrogens is 250 g/mol. The fourth-order valence-corrected chi connectivity index (χ4v) is 2.56. The number of carbonyl (C=O) groups excluding carboxylic acids is 1. The second-order valence-corrected chi connectivity index (χ2v) is 5.03. The molecule has 1 aromatic carbocycles. The Kier molecular flexibility index (Phi) is 3.86. The third-order valence-electron chi connectivity index (χ3n) is 2.54. The first-order chi connectivity index (χ1) is 8.18. The molecule has 0 fully saturated rings. The van der Waals surface area contributed by atoms with E-state index in [1.165, 1.54) is 0 Å². The molecule has 1 N–H and O–H groups in total. The lowest BCUT2D eigenvalue weighted by atomic mass is 10.1. The van der Waals surface area contributed by atoms with E-state index in [1.807, 2.05) is 41.9 Å². The number of nitrogens with one attached hydrogen (secondary N) is 1. The summed E-state index contributed by atoms with van der Waals surface area (Å²) < 4.78 is 0. The van der Waals surface area contributed by atoms with E-state index in [4.69, 9.17) is 0 Å². The fourth-order valence-electron chi connectivity index (χ4n) is 1.54. The topological polar surface area (TPSA) is 29.1 Å². The number of thiol groups is 1. The monoisotopic (exact) mass is 263 g/mol. The number of carbonyl (C=O) groups is 1. The summed E-state index contributed by atoms with van der Waals surface area (Å²) in [5, 5.41) is 7.00. The van der Waals surface area contributed by atoms with Crippen molar-refractivity contribution in [3.8, 4) is 0 Å². The van der Waals surface area contributed by atoms with Gasteiger partial charge in [0.1, 0.15) is 0 Å². The molecule has 0 saturated carbocycles. The van der Waals surface area contributed by atoms with Gasteiger partial charge in [-0.3, -0.25) is 4.79 Å². The zero-order chi connectivity index (χ0) is 12.3. The molecule has 0 spiro atoms. The van der Waals surface area contributed by atoms with Gasteiger partial charge in [-0.1, -0.05) is 12.1 Å². The van der Waals surface area contributed by atoms with Crippen LogP contribution in [-0.2, 0) is 0 Å². The molecule has 0 saturated heterocycles. The molecule has 0 aliphatic heterocycles. The van der Waals surface area contributed by atoms with E-state index in [-0.39, 0.29) is 11.9 Å². The van der Waals surface area contributed by atoms with Crippen LogP contribution in [0.1, 0.15) is 28.9 Å². The van der Waals surface area contributed by atoms with Crippen molar-refractivity contribution in [1.82, 2.24) is 5.32 Å². The average Bonchev–Trinajstić information content (AvgIpc) is 2.82. The van der Waals surface area contributed by atoms with E-state index < -0.39 is 0 Å². The molecule has 2 nitrogen and oxygen atoms in total. The predicted molar refractivity (Wildman–Crippen MR) is 73.9 cm³/mol. The van der Waals surface area contributed by atoms with E-state index in [2.05, 4.69) is 17.9 Å². The molecular formula is C13H13NOS2. The third kappa shape index (κ3) is 2.90. The van der Waals surface area contributed by atoms with E-state index in [9.17, 15) is 4.79 Å². The number of rotatable bonds is 3. The maximum absolute atomic E-state index is 12.0. The molecule has 0 aliphatic rings. The molecule has 0 aliphatic carbocycles. The van der Waals surface area contributed by atoms with E-state index in [0.29, 0.717) is 10.5 Å². The average molecular weight is 263 g/mol. The van der Waals surface area contributed by atoms with Crippen molar-refractivity contribution in [2.75, 3.05) is 0 Å². The lowest BCUT2D eigenvalue weighted by molar-refractivity contribution is 0.0937. The van der Waals surface area contributed by atoms with Gasteiger partial charge in [-0.05, 0) is 41.4 Å². The van der Waals surface area contributed by atoms with Gasteiger partial charge in [0.05, 0.1) is 11.6 Å². The minimum Gasteiger partial charge on any atom is -0.345 e. The van der Waals surface area contributed by atoms with E-state index in [1.54, 1.807) is 17.4 Å². The molecule has 17 heavy (non-hydrogen) atoms. The predicted octanol–water partition coefficient (Wildman–Crippen LogP) is 3.53. The summed E-state index contributed by atoms with van der Waals surface area (Å²) >= 11 is 5.90. The summed E-state index contributed by atoms with van der Waals surface area (Å²) in [6.07, 6.45) is 0. The number of hydrogen-bond donors (Lipinski definition) is 2. The maximum atomic E-state index is 12.0. The molecule has 1 amide bonds. The first-order valence-electron chi connectivity index (χ1n) is 5.29. The zero-order valence-corrected chi connectivity index (χ0v) is 11.1. The Morgan fingerprint density at radius 3 is 2.76 bits per heavy atom. The van der Waals surface area contributed by atoms with Crippen molar-refractivity contribution in [2.24, 2.45) is 0 Å². The van der Waals surface area contributed by atoms with Gasteiger partial charge in [0, 0.05) is 4.90 Å². The highest BCUT2D eigenvalue weighted by atomic mass is 32.1. The number of benzene rings is 1. The highest BCUT2D eigenvalue weighted by Gasteiger charge is 2.13. The third-order valence-corrected chi connectivity index (χ3v) is 3.63. The summed E-state index contributed by atoms with van der Waals surface area (Å²) in [7, 11) is 0. The van der Waals surface area contributed by atoms with Crippen LogP contribution in [0.2, 0.25) is 0 Å². The molecule has 2 rings (SSSR count). The molecule has 1 atom stereocenters. The van der Waals surface area contributed by atoms with Crippen molar-refractivity contribution >= 4 is 29.9 Å². The van der Waals surface area contributed by atoms with Crippen LogP contribution < -0.4 is 5.32 Å². The number of hydrogen-bond acceptors (Lipinski definition) is 3. The van der Waals surface area contributed by atoms with Crippen LogP contribution in [0.5, 0.6) is 0 Å².